The minimum Gasteiger partial charge on any atom is -0.336 e. The maximum atomic E-state index is 11.6. The van der Waals surface area contributed by atoms with Gasteiger partial charge in [-0.15, -0.1) is 0 Å². The van der Waals surface area contributed by atoms with Gasteiger partial charge in [0.1, 0.15) is 6.17 Å². The number of rotatable bonds is 1. The van der Waals surface area contributed by atoms with E-state index in [0.29, 0.717) is 6.42 Å². The third kappa shape index (κ3) is 3.01. The summed E-state index contributed by atoms with van der Waals surface area (Å²) in [5.41, 5.74) is -0.401. The van der Waals surface area contributed by atoms with Crippen LogP contribution in [-0.4, -0.2) is 18.0 Å². The molecule has 1 unspecified atom stereocenters. The van der Waals surface area contributed by atoms with Crippen molar-refractivity contribution in [1.29, 1.82) is 0 Å². The molecule has 1 saturated heterocycles. The number of amides is 2. The van der Waals surface area contributed by atoms with Crippen LogP contribution in [0.5, 0.6) is 0 Å². The Bertz CT molecular complexity index is 243. The Morgan fingerprint density at radius 3 is 2.64 bits per heavy atom. The summed E-state index contributed by atoms with van der Waals surface area (Å²) in [6, 6.07) is 0. The lowest BCUT2D eigenvalue weighted by atomic mass is 9.95. The van der Waals surface area contributed by atoms with E-state index in [0.717, 1.165) is 12.8 Å². The van der Waals surface area contributed by atoms with E-state index in [1.165, 1.54) is 0 Å². The van der Waals surface area contributed by atoms with E-state index in [1.54, 1.807) is 0 Å². The van der Waals surface area contributed by atoms with Crippen molar-refractivity contribution in [2.24, 2.45) is 5.41 Å². The van der Waals surface area contributed by atoms with Crippen LogP contribution in [0.4, 0.5) is 0 Å². The summed E-state index contributed by atoms with van der Waals surface area (Å²) in [4.78, 5) is 22.6. The van der Waals surface area contributed by atoms with Crippen molar-refractivity contribution in [2.75, 3.05) is 0 Å². The lowest BCUT2D eigenvalue weighted by molar-refractivity contribution is -0.131. The van der Waals surface area contributed by atoms with Crippen molar-refractivity contribution < 1.29 is 9.59 Å². The molecule has 1 aliphatic heterocycles. The van der Waals surface area contributed by atoms with Crippen molar-refractivity contribution in [3.8, 4) is 0 Å². The minimum absolute atomic E-state index is 0.0234. The zero-order chi connectivity index (χ0) is 10.8. The number of hydrogen-bond donors (Lipinski definition) is 2. The van der Waals surface area contributed by atoms with Crippen LogP contribution in [0.25, 0.3) is 0 Å². The zero-order valence-corrected chi connectivity index (χ0v) is 9.02. The van der Waals surface area contributed by atoms with Gasteiger partial charge in [0.05, 0.1) is 0 Å². The van der Waals surface area contributed by atoms with Crippen molar-refractivity contribution in [2.45, 2.75) is 46.2 Å². The molecule has 0 bridgehead atoms. The van der Waals surface area contributed by atoms with E-state index in [9.17, 15) is 9.59 Å². The molecule has 1 heterocycles. The molecule has 0 aliphatic carbocycles. The number of piperidine rings is 1. The van der Waals surface area contributed by atoms with Gasteiger partial charge in [-0.3, -0.25) is 9.59 Å². The van der Waals surface area contributed by atoms with E-state index < -0.39 is 5.41 Å². The average Bonchev–Trinajstić information content (AvgIpc) is 2.02. The molecule has 0 spiro atoms. The Hall–Kier alpha value is -1.06. The number of nitrogens with one attached hydrogen (secondary N) is 2. The molecule has 4 heteroatoms. The predicted molar refractivity (Wildman–Crippen MR) is 53.4 cm³/mol. The van der Waals surface area contributed by atoms with Gasteiger partial charge in [0.2, 0.25) is 11.8 Å². The van der Waals surface area contributed by atoms with Crippen molar-refractivity contribution in [3.05, 3.63) is 0 Å². The maximum Gasteiger partial charge on any atom is 0.226 e. The molecular formula is C10H18N2O2. The van der Waals surface area contributed by atoms with Gasteiger partial charge >= 0.3 is 0 Å². The summed E-state index contributed by atoms with van der Waals surface area (Å²) in [6.07, 6.45) is 2.07. The largest absolute Gasteiger partial charge is 0.336 e. The van der Waals surface area contributed by atoms with Crippen LogP contribution in [0, 0.1) is 5.41 Å². The zero-order valence-electron chi connectivity index (χ0n) is 9.02. The maximum absolute atomic E-state index is 11.6. The van der Waals surface area contributed by atoms with E-state index >= 15 is 0 Å². The molecule has 2 N–H and O–H groups in total. The topological polar surface area (TPSA) is 58.2 Å². The number of hydrogen-bond acceptors (Lipinski definition) is 2. The summed E-state index contributed by atoms with van der Waals surface area (Å²) in [6.45, 7) is 5.56. The van der Waals surface area contributed by atoms with Gasteiger partial charge in [-0.05, 0) is 12.8 Å². The highest BCUT2D eigenvalue weighted by Crippen LogP contribution is 2.14. The van der Waals surface area contributed by atoms with Crippen LogP contribution in [0.1, 0.15) is 40.0 Å². The Morgan fingerprint density at radius 1 is 1.50 bits per heavy atom. The minimum atomic E-state index is -0.401. The van der Waals surface area contributed by atoms with E-state index in [2.05, 4.69) is 10.6 Å². The van der Waals surface area contributed by atoms with Crippen molar-refractivity contribution in [3.63, 3.8) is 0 Å². The van der Waals surface area contributed by atoms with Gasteiger partial charge in [0.25, 0.3) is 0 Å². The molecule has 80 valence electrons. The quantitative estimate of drug-likeness (QED) is 0.654. The lowest BCUT2D eigenvalue weighted by Crippen LogP contribution is -2.52. The molecule has 0 aromatic heterocycles. The van der Waals surface area contributed by atoms with Crippen LogP contribution >= 0.6 is 0 Å². The van der Waals surface area contributed by atoms with Crippen molar-refractivity contribution >= 4 is 11.8 Å². The van der Waals surface area contributed by atoms with Crippen LogP contribution in [-0.2, 0) is 9.59 Å². The van der Waals surface area contributed by atoms with Gasteiger partial charge in [-0.2, -0.15) is 0 Å². The van der Waals surface area contributed by atoms with Crippen LogP contribution < -0.4 is 10.6 Å². The summed E-state index contributed by atoms with van der Waals surface area (Å²) < 4.78 is 0. The molecule has 1 atom stereocenters. The van der Waals surface area contributed by atoms with Crippen LogP contribution in [0.3, 0.4) is 0 Å². The summed E-state index contributed by atoms with van der Waals surface area (Å²) in [5.74, 6) is 0.000147. The first kappa shape index (κ1) is 11.0. The van der Waals surface area contributed by atoms with Gasteiger partial charge in [-0.25, -0.2) is 0 Å². The SMILES string of the molecule is CC(C)(C)C(=O)NC1CCCC(=O)N1. The molecule has 0 aromatic carbocycles. The highest BCUT2D eigenvalue weighted by Gasteiger charge is 2.26. The second-order valence-electron chi connectivity index (χ2n) is 4.74. The monoisotopic (exact) mass is 198 g/mol. The number of carbonyl (C=O) groups excluding carboxylic acids is 2. The average molecular weight is 198 g/mol. The highest BCUT2D eigenvalue weighted by molar-refractivity contribution is 5.83. The molecule has 1 aliphatic rings. The summed E-state index contributed by atoms with van der Waals surface area (Å²) in [5, 5.41) is 5.57. The standard InChI is InChI=1S/C10H18N2O2/c1-10(2,3)9(14)12-7-5-4-6-8(13)11-7/h7H,4-6H2,1-3H3,(H,11,13)(H,12,14). The molecule has 0 radical (unpaired) electrons. The molecule has 2 amide bonds. The second kappa shape index (κ2) is 3.98. The highest BCUT2D eigenvalue weighted by atomic mass is 16.2. The third-order valence-corrected chi connectivity index (χ3v) is 2.22. The Labute approximate surface area is 84.4 Å². The molecule has 1 rings (SSSR count). The Kier molecular flexibility index (Phi) is 3.13. The van der Waals surface area contributed by atoms with Crippen molar-refractivity contribution in [1.82, 2.24) is 10.6 Å². The van der Waals surface area contributed by atoms with E-state index in [-0.39, 0.29) is 18.0 Å². The molecule has 1 fully saturated rings. The first-order chi connectivity index (χ1) is 6.39. The fourth-order valence-corrected chi connectivity index (χ4v) is 1.29. The summed E-state index contributed by atoms with van der Waals surface area (Å²) in [7, 11) is 0. The Balaban J connectivity index is 2.44. The van der Waals surface area contributed by atoms with Crippen LogP contribution in [0.15, 0.2) is 0 Å². The van der Waals surface area contributed by atoms with Gasteiger partial charge in [-0.1, -0.05) is 20.8 Å². The molecule has 0 saturated carbocycles. The molecule has 4 nitrogen and oxygen atoms in total. The fraction of sp³-hybridized carbons (Fsp3) is 0.800. The molecular weight excluding hydrogens is 180 g/mol. The third-order valence-electron chi connectivity index (χ3n) is 2.22. The Morgan fingerprint density at radius 2 is 2.14 bits per heavy atom. The van der Waals surface area contributed by atoms with E-state index in [4.69, 9.17) is 0 Å². The van der Waals surface area contributed by atoms with Crippen LogP contribution in [0.2, 0.25) is 0 Å². The fourth-order valence-electron chi connectivity index (χ4n) is 1.29. The van der Waals surface area contributed by atoms with Gasteiger partial charge in [0, 0.05) is 11.8 Å². The normalized spacial score (nSPS) is 22.8. The van der Waals surface area contributed by atoms with Gasteiger partial charge in [0.15, 0.2) is 0 Å². The van der Waals surface area contributed by atoms with E-state index in [1.807, 2.05) is 20.8 Å². The predicted octanol–water partition coefficient (Wildman–Crippen LogP) is 0.775. The smallest absolute Gasteiger partial charge is 0.226 e. The van der Waals surface area contributed by atoms with Gasteiger partial charge < -0.3 is 10.6 Å². The summed E-state index contributed by atoms with van der Waals surface area (Å²) >= 11 is 0. The number of carbonyl (C=O) groups is 2. The first-order valence-corrected chi connectivity index (χ1v) is 5.00. The molecule has 0 aromatic rings. The first-order valence-electron chi connectivity index (χ1n) is 5.00. The second-order valence-corrected chi connectivity index (χ2v) is 4.74. The lowest BCUT2D eigenvalue weighted by Gasteiger charge is -2.27. The molecule has 14 heavy (non-hydrogen) atoms.